The van der Waals surface area contributed by atoms with Crippen molar-refractivity contribution in [1.82, 2.24) is 20.9 Å². The lowest BCUT2D eigenvalue weighted by atomic mass is 9.83. The normalized spacial score (nSPS) is 21.2. The van der Waals surface area contributed by atoms with E-state index in [2.05, 4.69) is 22.5 Å². The molecule has 11 nitrogen and oxygen atoms in total. The molecular weight excluding hydrogens is 660 g/mol. The predicted octanol–water partition coefficient (Wildman–Crippen LogP) is 4.96. The van der Waals surface area contributed by atoms with Crippen LogP contribution < -0.4 is 16.0 Å². The standard InChI is InChI=1S/C41H60N4O7/c1-4-14-34(38(48)40(50)42-22-13-21-32(26-46)28(2)3)43-39(49)35-24-33(52-27-30-17-7-5-8-18-30)25-45(35)41(51)37(31-19-9-6-10-20-31)44-36(47)23-29-15-11-12-16-29/h5,7-8,17-18,26,29,31-35,37H,2,4,6,9-16,19-25,27H2,1,3H3,(H,42,50)(H,43,49)(H,44,47)/t32-,33-,34?,35?,37+/m1/s1. The van der Waals surface area contributed by atoms with Gasteiger partial charge in [0.2, 0.25) is 23.5 Å². The number of benzene rings is 1. The van der Waals surface area contributed by atoms with E-state index in [-0.39, 0.29) is 49.6 Å². The van der Waals surface area contributed by atoms with Crippen molar-refractivity contribution in [3.8, 4) is 0 Å². The third-order valence-electron chi connectivity index (χ3n) is 11.0. The molecule has 0 bridgehead atoms. The third-order valence-corrected chi connectivity index (χ3v) is 11.0. The van der Waals surface area contributed by atoms with Crippen LogP contribution in [0, 0.1) is 17.8 Å². The van der Waals surface area contributed by atoms with Gasteiger partial charge in [0, 0.05) is 31.8 Å². The Kier molecular flexibility index (Phi) is 16.5. The first-order chi connectivity index (χ1) is 25.1. The Labute approximate surface area is 309 Å². The summed E-state index contributed by atoms with van der Waals surface area (Å²) in [5.74, 6) is -2.50. The minimum absolute atomic E-state index is 0.0305. The SMILES string of the molecule is C=C(C)[C@@H](C=O)CCCNC(=O)C(=O)C(CCC)NC(=O)C1C[C@@H](OCc2ccccc2)CN1C(=O)[C@@H](NC(=O)CC1CCCC1)C1CCCCC1. The number of ether oxygens (including phenoxy) is 1. The molecule has 2 saturated carbocycles. The molecule has 52 heavy (non-hydrogen) atoms. The van der Waals surface area contributed by atoms with Gasteiger partial charge >= 0.3 is 0 Å². The van der Waals surface area contributed by atoms with E-state index in [9.17, 15) is 28.8 Å². The number of aldehydes is 1. The summed E-state index contributed by atoms with van der Waals surface area (Å²) < 4.78 is 6.26. The molecule has 3 N–H and O–H groups in total. The van der Waals surface area contributed by atoms with Gasteiger partial charge in [0.15, 0.2) is 0 Å². The van der Waals surface area contributed by atoms with Crippen molar-refractivity contribution in [3.05, 3.63) is 48.0 Å². The van der Waals surface area contributed by atoms with Crippen molar-refractivity contribution in [2.24, 2.45) is 17.8 Å². The number of ketones is 1. The molecule has 1 saturated heterocycles. The number of hydrogen-bond acceptors (Lipinski definition) is 7. The Bertz CT molecular complexity index is 1370. The lowest BCUT2D eigenvalue weighted by Gasteiger charge is -2.35. The zero-order valence-electron chi connectivity index (χ0n) is 31.2. The minimum atomic E-state index is -1.07. The molecule has 4 amide bonds. The number of rotatable bonds is 20. The number of amides is 4. The molecule has 1 heterocycles. The average Bonchev–Trinajstić information content (AvgIpc) is 3.83. The van der Waals surface area contributed by atoms with E-state index in [1.807, 2.05) is 37.3 Å². The van der Waals surface area contributed by atoms with Crippen LogP contribution in [-0.4, -0.2) is 77.9 Å². The summed E-state index contributed by atoms with van der Waals surface area (Å²) in [4.78, 5) is 81.1. The maximum atomic E-state index is 14.6. The summed E-state index contributed by atoms with van der Waals surface area (Å²) in [5.41, 5.74) is 1.71. The molecule has 2 aliphatic carbocycles. The molecule has 286 valence electrons. The molecule has 5 atom stereocenters. The topological polar surface area (TPSA) is 151 Å². The summed E-state index contributed by atoms with van der Waals surface area (Å²) in [6.07, 6.45) is 11.8. The number of allylic oxidation sites excluding steroid dienone is 1. The van der Waals surface area contributed by atoms with E-state index >= 15 is 0 Å². The highest BCUT2D eigenvalue weighted by Gasteiger charge is 2.45. The zero-order chi connectivity index (χ0) is 37.5. The Balaban J connectivity index is 1.48. The van der Waals surface area contributed by atoms with Crippen LogP contribution in [0.2, 0.25) is 0 Å². The second-order valence-corrected chi connectivity index (χ2v) is 15.2. The van der Waals surface area contributed by atoms with Crippen LogP contribution in [0.3, 0.4) is 0 Å². The van der Waals surface area contributed by atoms with Crippen LogP contribution in [-0.2, 0) is 40.1 Å². The van der Waals surface area contributed by atoms with Gasteiger partial charge in [-0.2, -0.15) is 0 Å². The number of hydrogen-bond donors (Lipinski definition) is 3. The predicted molar refractivity (Wildman–Crippen MR) is 199 cm³/mol. The van der Waals surface area contributed by atoms with Crippen molar-refractivity contribution in [3.63, 3.8) is 0 Å². The number of carbonyl (C=O) groups is 6. The van der Waals surface area contributed by atoms with Gasteiger partial charge in [-0.1, -0.05) is 87.9 Å². The molecule has 0 spiro atoms. The molecular formula is C41H60N4O7. The van der Waals surface area contributed by atoms with Gasteiger partial charge in [-0.3, -0.25) is 24.0 Å². The smallest absolute Gasteiger partial charge is 0.289 e. The number of likely N-dealkylation sites (tertiary alicyclic amines) is 1. The lowest BCUT2D eigenvalue weighted by Crippen LogP contribution is -2.58. The summed E-state index contributed by atoms with van der Waals surface area (Å²) in [6, 6.07) is 6.91. The summed E-state index contributed by atoms with van der Waals surface area (Å²) >= 11 is 0. The zero-order valence-corrected chi connectivity index (χ0v) is 31.2. The monoisotopic (exact) mass is 720 g/mol. The van der Waals surface area contributed by atoms with E-state index in [0.717, 1.165) is 75.2 Å². The van der Waals surface area contributed by atoms with Gasteiger partial charge in [-0.15, -0.1) is 0 Å². The third kappa shape index (κ3) is 12.1. The Morgan fingerprint density at radius 3 is 2.31 bits per heavy atom. The molecule has 11 heteroatoms. The van der Waals surface area contributed by atoms with Gasteiger partial charge in [-0.05, 0) is 69.3 Å². The van der Waals surface area contributed by atoms with Crippen LogP contribution in [0.1, 0.15) is 116 Å². The molecule has 0 aromatic heterocycles. The molecule has 2 unspecified atom stereocenters. The number of carbonyl (C=O) groups excluding carboxylic acids is 6. The number of Topliss-reactive ketones (excluding diaryl/α,β-unsaturated/α-hetero) is 1. The Morgan fingerprint density at radius 1 is 0.962 bits per heavy atom. The van der Waals surface area contributed by atoms with Crippen molar-refractivity contribution >= 4 is 35.7 Å². The van der Waals surface area contributed by atoms with E-state index in [0.29, 0.717) is 38.2 Å². The quantitative estimate of drug-likeness (QED) is 0.0746. The van der Waals surface area contributed by atoms with Crippen LogP contribution in [0.25, 0.3) is 0 Å². The first kappa shape index (κ1) is 40.9. The van der Waals surface area contributed by atoms with Crippen molar-refractivity contribution in [1.29, 1.82) is 0 Å². The second-order valence-electron chi connectivity index (χ2n) is 15.2. The molecule has 0 radical (unpaired) electrons. The first-order valence-electron chi connectivity index (χ1n) is 19.6. The van der Waals surface area contributed by atoms with E-state index in [4.69, 9.17) is 4.74 Å². The fourth-order valence-electron chi connectivity index (χ4n) is 7.96. The number of nitrogens with zero attached hydrogens (tertiary/aromatic N) is 1. The van der Waals surface area contributed by atoms with Crippen molar-refractivity contribution < 1.29 is 33.5 Å². The molecule has 3 aliphatic rings. The average molecular weight is 721 g/mol. The van der Waals surface area contributed by atoms with Gasteiger partial charge in [0.1, 0.15) is 18.4 Å². The highest BCUT2D eigenvalue weighted by Crippen LogP contribution is 2.32. The van der Waals surface area contributed by atoms with E-state index in [1.54, 1.807) is 11.8 Å². The van der Waals surface area contributed by atoms with Gasteiger partial charge in [0.25, 0.3) is 5.91 Å². The van der Waals surface area contributed by atoms with E-state index in [1.165, 1.54) is 0 Å². The maximum Gasteiger partial charge on any atom is 0.289 e. The van der Waals surface area contributed by atoms with Crippen LogP contribution in [0.5, 0.6) is 0 Å². The lowest BCUT2D eigenvalue weighted by molar-refractivity contribution is -0.144. The molecule has 1 aromatic carbocycles. The summed E-state index contributed by atoms with van der Waals surface area (Å²) in [6.45, 7) is 8.14. The highest BCUT2D eigenvalue weighted by molar-refractivity contribution is 6.38. The van der Waals surface area contributed by atoms with Gasteiger partial charge in [0.05, 0.1) is 18.8 Å². The van der Waals surface area contributed by atoms with Crippen molar-refractivity contribution in [2.45, 2.75) is 141 Å². The van der Waals surface area contributed by atoms with Gasteiger partial charge < -0.3 is 30.4 Å². The largest absolute Gasteiger partial charge is 0.372 e. The van der Waals surface area contributed by atoms with Crippen LogP contribution in [0.15, 0.2) is 42.5 Å². The van der Waals surface area contributed by atoms with Crippen LogP contribution >= 0.6 is 0 Å². The second kappa shape index (κ2) is 21.0. The molecule has 3 fully saturated rings. The fraction of sp³-hybridized carbons (Fsp3) is 0.659. The first-order valence-corrected chi connectivity index (χ1v) is 19.6. The molecule has 1 aromatic rings. The Hall–Kier alpha value is -3.86. The van der Waals surface area contributed by atoms with Crippen LogP contribution in [0.4, 0.5) is 0 Å². The summed E-state index contributed by atoms with van der Waals surface area (Å²) in [7, 11) is 0. The highest BCUT2D eigenvalue weighted by atomic mass is 16.5. The minimum Gasteiger partial charge on any atom is -0.372 e. The molecule has 4 rings (SSSR count). The fourth-order valence-corrected chi connectivity index (χ4v) is 7.96. The summed E-state index contributed by atoms with van der Waals surface area (Å²) in [5, 5.41) is 8.57. The van der Waals surface area contributed by atoms with Crippen molar-refractivity contribution in [2.75, 3.05) is 13.1 Å². The molecule has 1 aliphatic heterocycles. The maximum absolute atomic E-state index is 14.6. The number of nitrogens with one attached hydrogen (secondary N) is 3. The Morgan fingerprint density at radius 2 is 1.65 bits per heavy atom. The van der Waals surface area contributed by atoms with Gasteiger partial charge in [-0.25, -0.2) is 0 Å². The van der Waals surface area contributed by atoms with E-state index < -0.39 is 41.8 Å².